The van der Waals surface area contributed by atoms with Crippen LogP contribution in [-0.2, 0) is 4.74 Å². The lowest BCUT2D eigenvalue weighted by Crippen LogP contribution is -2.26. The van der Waals surface area contributed by atoms with Crippen molar-refractivity contribution in [2.24, 2.45) is 0 Å². The Hall–Kier alpha value is -1.12. The Bertz CT molecular complexity index is 467. The second-order valence-corrected chi connectivity index (χ2v) is 4.94. The van der Waals surface area contributed by atoms with Crippen molar-refractivity contribution in [3.8, 4) is 11.8 Å². The Balaban J connectivity index is 2.01. The molecule has 1 fully saturated rings. The molecule has 0 aliphatic carbocycles. The highest BCUT2D eigenvalue weighted by molar-refractivity contribution is 9.10. The lowest BCUT2D eigenvalue weighted by atomic mass is 10.1. The van der Waals surface area contributed by atoms with Gasteiger partial charge in [0.25, 0.3) is 0 Å². The van der Waals surface area contributed by atoms with Gasteiger partial charge in [0.1, 0.15) is 12.7 Å². The van der Waals surface area contributed by atoms with Gasteiger partial charge in [-0.15, -0.1) is 0 Å². The van der Waals surface area contributed by atoms with Crippen LogP contribution in [0.15, 0.2) is 16.6 Å². The van der Waals surface area contributed by atoms with Crippen molar-refractivity contribution in [1.29, 1.82) is 5.26 Å². The van der Waals surface area contributed by atoms with E-state index in [-0.39, 0.29) is 21.9 Å². The van der Waals surface area contributed by atoms with Gasteiger partial charge < -0.3 is 9.47 Å². The van der Waals surface area contributed by atoms with E-state index in [0.29, 0.717) is 6.61 Å². The van der Waals surface area contributed by atoms with E-state index >= 15 is 0 Å². The zero-order valence-electron chi connectivity index (χ0n) is 9.79. The largest absolute Gasteiger partial charge is 0.488 e. The van der Waals surface area contributed by atoms with Gasteiger partial charge in [-0.3, -0.25) is 0 Å². The molecule has 1 heterocycles. The van der Waals surface area contributed by atoms with Crippen molar-refractivity contribution < 1.29 is 13.9 Å². The van der Waals surface area contributed by atoms with Crippen LogP contribution in [0.2, 0.25) is 0 Å². The SMILES string of the molecule is N#Cc1ccc(OCC2CCCCO2)c(F)c1Br. The van der Waals surface area contributed by atoms with Crippen LogP contribution in [0.1, 0.15) is 24.8 Å². The standard InChI is InChI=1S/C13H13BrFNO2/c14-12-9(7-16)4-5-11(13(12)15)18-8-10-3-1-2-6-17-10/h4-5,10H,1-3,6,8H2. The lowest BCUT2D eigenvalue weighted by Gasteiger charge is -2.22. The van der Waals surface area contributed by atoms with E-state index in [9.17, 15) is 4.39 Å². The highest BCUT2D eigenvalue weighted by atomic mass is 79.9. The molecule has 1 unspecified atom stereocenters. The van der Waals surface area contributed by atoms with E-state index in [4.69, 9.17) is 14.7 Å². The summed E-state index contributed by atoms with van der Waals surface area (Å²) < 4.78 is 24.9. The van der Waals surface area contributed by atoms with Crippen molar-refractivity contribution >= 4 is 15.9 Å². The fraction of sp³-hybridized carbons (Fsp3) is 0.462. The van der Waals surface area contributed by atoms with Gasteiger partial charge in [-0.25, -0.2) is 4.39 Å². The Kier molecular flexibility index (Phi) is 4.56. The predicted molar refractivity (Wildman–Crippen MR) is 67.9 cm³/mol. The summed E-state index contributed by atoms with van der Waals surface area (Å²) in [4.78, 5) is 0. The maximum atomic E-state index is 13.8. The molecule has 0 bridgehead atoms. The zero-order valence-corrected chi connectivity index (χ0v) is 11.4. The highest BCUT2D eigenvalue weighted by Crippen LogP contribution is 2.28. The molecule has 0 amide bonds. The molecule has 0 spiro atoms. The summed E-state index contributed by atoms with van der Waals surface area (Å²) in [6.45, 7) is 1.09. The average Bonchev–Trinajstić information content (AvgIpc) is 2.42. The Morgan fingerprint density at radius 3 is 3.00 bits per heavy atom. The van der Waals surface area contributed by atoms with Crippen LogP contribution >= 0.6 is 15.9 Å². The monoisotopic (exact) mass is 313 g/mol. The smallest absolute Gasteiger partial charge is 0.180 e. The van der Waals surface area contributed by atoms with Gasteiger partial charge in [-0.1, -0.05) is 0 Å². The van der Waals surface area contributed by atoms with Gasteiger partial charge >= 0.3 is 0 Å². The molecule has 1 aliphatic heterocycles. The molecule has 5 heteroatoms. The van der Waals surface area contributed by atoms with Gasteiger partial charge in [0.05, 0.1) is 16.1 Å². The topological polar surface area (TPSA) is 42.2 Å². The second kappa shape index (κ2) is 6.17. The van der Waals surface area contributed by atoms with Crippen molar-refractivity contribution in [3.63, 3.8) is 0 Å². The predicted octanol–water partition coefficient (Wildman–Crippen LogP) is 3.41. The normalized spacial score (nSPS) is 19.3. The minimum Gasteiger partial charge on any atom is -0.488 e. The zero-order chi connectivity index (χ0) is 13.0. The lowest BCUT2D eigenvalue weighted by molar-refractivity contribution is -0.0117. The Morgan fingerprint density at radius 1 is 1.50 bits per heavy atom. The molecular weight excluding hydrogens is 301 g/mol. The Labute approximate surface area is 114 Å². The van der Waals surface area contributed by atoms with Crippen LogP contribution in [0.3, 0.4) is 0 Å². The van der Waals surface area contributed by atoms with Crippen LogP contribution in [0.5, 0.6) is 5.75 Å². The van der Waals surface area contributed by atoms with Gasteiger partial charge in [-0.2, -0.15) is 5.26 Å². The van der Waals surface area contributed by atoms with Gasteiger partial charge in [0, 0.05) is 6.61 Å². The molecule has 1 aromatic rings. The fourth-order valence-electron chi connectivity index (χ4n) is 1.85. The molecule has 0 radical (unpaired) electrons. The van der Waals surface area contributed by atoms with E-state index in [1.165, 1.54) is 12.1 Å². The summed E-state index contributed by atoms with van der Waals surface area (Å²) >= 11 is 3.05. The first-order valence-corrected chi connectivity index (χ1v) is 6.64. The van der Waals surface area contributed by atoms with Crippen molar-refractivity contribution in [1.82, 2.24) is 0 Å². The van der Waals surface area contributed by atoms with Crippen LogP contribution in [0, 0.1) is 17.1 Å². The first-order valence-electron chi connectivity index (χ1n) is 5.85. The first-order chi connectivity index (χ1) is 8.72. The van der Waals surface area contributed by atoms with E-state index in [0.717, 1.165) is 25.9 Å². The molecule has 2 rings (SSSR count). The minimum absolute atomic E-state index is 0.0348. The van der Waals surface area contributed by atoms with Crippen LogP contribution in [-0.4, -0.2) is 19.3 Å². The number of rotatable bonds is 3. The van der Waals surface area contributed by atoms with Crippen LogP contribution in [0.4, 0.5) is 4.39 Å². The molecule has 1 aromatic carbocycles. The molecule has 0 aromatic heterocycles. The quantitative estimate of drug-likeness (QED) is 0.858. The van der Waals surface area contributed by atoms with E-state index in [1.807, 2.05) is 6.07 Å². The third kappa shape index (κ3) is 3.01. The molecule has 1 aliphatic rings. The molecule has 0 N–H and O–H groups in total. The number of nitriles is 1. The maximum Gasteiger partial charge on any atom is 0.180 e. The summed E-state index contributed by atoms with van der Waals surface area (Å²) in [6.07, 6.45) is 3.17. The van der Waals surface area contributed by atoms with E-state index in [1.54, 1.807) is 0 Å². The van der Waals surface area contributed by atoms with Crippen LogP contribution < -0.4 is 4.74 Å². The van der Waals surface area contributed by atoms with Crippen molar-refractivity contribution in [3.05, 3.63) is 28.0 Å². The summed E-state index contributed by atoms with van der Waals surface area (Å²) in [6, 6.07) is 4.91. The maximum absolute atomic E-state index is 13.8. The number of halogens is 2. The van der Waals surface area contributed by atoms with Gasteiger partial charge in [0.15, 0.2) is 11.6 Å². The number of hydrogen-bond acceptors (Lipinski definition) is 3. The molecule has 3 nitrogen and oxygen atoms in total. The Morgan fingerprint density at radius 2 is 2.33 bits per heavy atom. The molecule has 1 atom stereocenters. The molecule has 96 valence electrons. The summed E-state index contributed by atoms with van der Waals surface area (Å²) in [5.74, 6) is -0.389. The second-order valence-electron chi connectivity index (χ2n) is 4.15. The number of nitrogens with zero attached hydrogens (tertiary/aromatic N) is 1. The number of benzene rings is 1. The number of ether oxygens (including phenoxy) is 2. The average molecular weight is 314 g/mol. The molecule has 1 saturated heterocycles. The minimum atomic E-state index is -0.537. The summed E-state index contributed by atoms with van der Waals surface area (Å²) in [5, 5.41) is 8.76. The van der Waals surface area contributed by atoms with Gasteiger partial charge in [-0.05, 0) is 47.3 Å². The van der Waals surface area contributed by atoms with E-state index < -0.39 is 5.82 Å². The fourth-order valence-corrected chi connectivity index (χ4v) is 2.27. The van der Waals surface area contributed by atoms with Crippen LogP contribution in [0.25, 0.3) is 0 Å². The third-order valence-electron chi connectivity index (χ3n) is 2.87. The third-order valence-corrected chi connectivity index (χ3v) is 3.64. The molecular formula is C13H13BrFNO2. The first kappa shape index (κ1) is 13.3. The summed E-state index contributed by atoms with van der Waals surface area (Å²) in [5.41, 5.74) is 0.258. The summed E-state index contributed by atoms with van der Waals surface area (Å²) in [7, 11) is 0. The van der Waals surface area contributed by atoms with Crippen molar-refractivity contribution in [2.75, 3.05) is 13.2 Å². The highest BCUT2D eigenvalue weighted by Gasteiger charge is 2.17. The molecule has 18 heavy (non-hydrogen) atoms. The van der Waals surface area contributed by atoms with Gasteiger partial charge in [0.2, 0.25) is 0 Å². The van der Waals surface area contributed by atoms with E-state index in [2.05, 4.69) is 15.9 Å². The molecule has 0 saturated carbocycles. The van der Waals surface area contributed by atoms with Crippen molar-refractivity contribution in [2.45, 2.75) is 25.4 Å². The number of hydrogen-bond donors (Lipinski definition) is 0.